The van der Waals surface area contributed by atoms with Crippen LogP contribution in [0.4, 0.5) is 0 Å². The number of esters is 1. The predicted octanol–water partition coefficient (Wildman–Crippen LogP) is 9.81. The van der Waals surface area contributed by atoms with Gasteiger partial charge in [-0.1, -0.05) is 77.1 Å². The summed E-state index contributed by atoms with van der Waals surface area (Å²) >= 11 is 0. The molecule has 5 fully saturated rings. The van der Waals surface area contributed by atoms with Crippen molar-refractivity contribution in [2.75, 3.05) is 6.54 Å². The largest absolute Gasteiger partial charge is 0.481 e. The Balaban J connectivity index is 1.21. The van der Waals surface area contributed by atoms with E-state index in [1.54, 1.807) is 13.8 Å². The van der Waals surface area contributed by atoms with Crippen LogP contribution >= 0.6 is 0 Å². The average Bonchev–Trinajstić information content (AvgIpc) is 3.42. The molecule has 6 heteroatoms. The van der Waals surface area contributed by atoms with Gasteiger partial charge in [0.1, 0.15) is 6.10 Å². The van der Waals surface area contributed by atoms with Crippen LogP contribution in [0.3, 0.4) is 0 Å². The summed E-state index contributed by atoms with van der Waals surface area (Å²) in [5.74, 6) is 1.44. The number of carbonyl (C=O) groups excluding carboxylic acids is 2. The molecule has 10 atom stereocenters. The average molecular weight is 702 g/mol. The minimum absolute atomic E-state index is 0.0497. The van der Waals surface area contributed by atoms with Crippen molar-refractivity contribution in [3.05, 3.63) is 48.0 Å². The van der Waals surface area contributed by atoms with E-state index in [0.29, 0.717) is 42.6 Å². The molecule has 51 heavy (non-hydrogen) atoms. The molecule has 1 aromatic carbocycles. The summed E-state index contributed by atoms with van der Waals surface area (Å²) in [7, 11) is 0. The highest BCUT2D eigenvalue weighted by Crippen LogP contribution is 2.78. The number of rotatable bonds is 10. The molecule has 5 aliphatic carbocycles. The molecule has 0 spiro atoms. The summed E-state index contributed by atoms with van der Waals surface area (Å²) in [4.78, 5) is 38.5. The number of hydrogen-bond acceptors (Lipinski definition) is 4. The van der Waals surface area contributed by atoms with Gasteiger partial charge in [-0.2, -0.15) is 0 Å². The summed E-state index contributed by atoms with van der Waals surface area (Å²) in [6, 6.07) is 10.4. The fraction of sp³-hybridized carbons (Fsp3) is 0.756. The van der Waals surface area contributed by atoms with Crippen LogP contribution in [0.2, 0.25) is 0 Å². The van der Waals surface area contributed by atoms with Gasteiger partial charge in [-0.05, 0) is 148 Å². The molecule has 6 nitrogen and oxygen atoms in total. The van der Waals surface area contributed by atoms with Crippen molar-refractivity contribution in [3.8, 4) is 0 Å². The number of nitrogens with one attached hydrogen (secondary N) is 1. The molecule has 2 N–H and O–H groups in total. The summed E-state index contributed by atoms with van der Waals surface area (Å²) < 4.78 is 6.18. The Morgan fingerprint density at radius 2 is 1.59 bits per heavy atom. The summed E-state index contributed by atoms with van der Waals surface area (Å²) in [6.07, 6.45) is 12.4. The van der Waals surface area contributed by atoms with Crippen LogP contribution in [0.15, 0.2) is 42.5 Å². The smallest absolute Gasteiger partial charge is 0.309 e. The van der Waals surface area contributed by atoms with E-state index in [4.69, 9.17) is 4.74 Å². The first kappa shape index (κ1) is 38.1. The van der Waals surface area contributed by atoms with Crippen molar-refractivity contribution in [2.45, 2.75) is 145 Å². The van der Waals surface area contributed by atoms with Gasteiger partial charge in [0.15, 0.2) is 0 Å². The van der Waals surface area contributed by atoms with E-state index in [1.165, 1.54) is 36.8 Å². The van der Waals surface area contributed by atoms with E-state index in [2.05, 4.69) is 77.7 Å². The molecule has 0 radical (unpaired) electrons. The van der Waals surface area contributed by atoms with Crippen molar-refractivity contribution in [3.63, 3.8) is 0 Å². The molecule has 6 rings (SSSR count). The fourth-order valence-corrected chi connectivity index (χ4v) is 13.8. The lowest BCUT2D eigenvalue weighted by molar-refractivity contribution is -0.250. The number of amides is 1. The van der Waals surface area contributed by atoms with Gasteiger partial charge in [0.2, 0.25) is 5.91 Å². The minimum atomic E-state index is -1.14. The molecule has 0 aliphatic heterocycles. The molecule has 1 aromatic rings. The van der Waals surface area contributed by atoms with Crippen LogP contribution in [0, 0.1) is 62.1 Å². The Morgan fingerprint density at radius 1 is 0.882 bits per heavy atom. The topological polar surface area (TPSA) is 92.7 Å². The summed E-state index contributed by atoms with van der Waals surface area (Å²) in [5, 5.41) is 12.9. The van der Waals surface area contributed by atoms with Gasteiger partial charge in [-0.25, -0.2) is 0 Å². The lowest BCUT2D eigenvalue weighted by atomic mass is 9.32. The van der Waals surface area contributed by atoms with Crippen molar-refractivity contribution >= 4 is 17.8 Å². The quantitative estimate of drug-likeness (QED) is 0.187. The number of aliphatic carboxylic acids is 1. The van der Waals surface area contributed by atoms with E-state index < -0.39 is 17.4 Å². The van der Waals surface area contributed by atoms with Crippen molar-refractivity contribution in [1.82, 2.24) is 5.32 Å². The maximum absolute atomic E-state index is 13.7. The SMILES string of the molecule is C=C(C)[C@@H]1CC[C@]2(CC(=O)NCCc3ccccc3)CC[C@]3(C)[C@H](CC[C@@H]4[C@@]5(C)CC[C@H](OC(=O)CC(C)(C)C(=O)O)C(C)(C)[C@@H]5CC[C@]43C)[C@@H]12. The number of carboxylic acid groups (broad SMARTS) is 1. The number of carboxylic acids is 1. The molecule has 1 amide bonds. The van der Waals surface area contributed by atoms with Gasteiger partial charge in [0.25, 0.3) is 0 Å². The minimum Gasteiger partial charge on any atom is -0.481 e. The molecular formula is C45H67NO5. The Bertz CT molecular complexity index is 1520. The zero-order valence-electron chi connectivity index (χ0n) is 33.0. The molecule has 0 bridgehead atoms. The normalized spacial score (nSPS) is 39.8. The zero-order valence-corrected chi connectivity index (χ0v) is 33.0. The molecule has 5 aliphatic rings. The maximum Gasteiger partial charge on any atom is 0.309 e. The van der Waals surface area contributed by atoms with Crippen molar-refractivity contribution in [2.24, 2.45) is 62.1 Å². The van der Waals surface area contributed by atoms with Crippen LogP contribution in [0.25, 0.3) is 0 Å². The fourth-order valence-electron chi connectivity index (χ4n) is 13.8. The van der Waals surface area contributed by atoms with Crippen LogP contribution in [0.1, 0.15) is 138 Å². The van der Waals surface area contributed by atoms with E-state index >= 15 is 0 Å². The molecule has 0 heterocycles. The second-order valence-electron chi connectivity index (χ2n) is 20.0. The first-order chi connectivity index (χ1) is 23.8. The standard InChI is InChI=1S/C45H67NO5/c1-29(2)31-17-23-45(27-36(47)46-26-20-30-13-11-10-12-14-30)25-24-43(8)32(38(31)45)15-16-34-42(7)21-19-35(51-37(48)28-40(3,4)39(49)50)41(5,6)33(42)18-22-44(34,43)9/h10-14,31-35,38H,1,15-28H2,2-9H3,(H,46,47)(H,49,50)/t31-,32+,33-,34+,35-,38+,42-,43+,44+,45+/m0/s1. The van der Waals surface area contributed by atoms with E-state index in [-0.39, 0.29) is 45.5 Å². The van der Waals surface area contributed by atoms with Gasteiger partial charge in [-0.15, -0.1) is 0 Å². The number of ether oxygens (including phenoxy) is 1. The van der Waals surface area contributed by atoms with E-state index in [9.17, 15) is 19.5 Å². The third kappa shape index (κ3) is 6.30. The Morgan fingerprint density at radius 3 is 2.25 bits per heavy atom. The highest BCUT2D eigenvalue weighted by molar-refractivity contribution is 5.81. The Kier molecular flexibility index (Phi) is 9.97. The Hall–Kier alpha value is -2.63. The second kappa shape index (κ2) is 13.3. The van der Waals surface area contributed by atoms with Crippen molar-refractivity contribution in [1.29, 1.82) is 0 Å². The van der Waals surface area contributed by atoms with E-state index in [0.717, 1.165) is 44.9 Å². The molecule has 5 saturated carbocycles. The van der Waals surface area contributed by atoms with Crippen LogP contribution in [-0.4, -0.2) is 35.6 Å². The van der Waals surface area contributed by atoms with Gasteiger partial charge < -0.3 is 15.2 Å². The first-order valence-corrected chi connectivity index (χ1v) is 20.2. The highest BCUT2D eigenvalue weighted by atomic mass is 16.5. The summed E-state index contributed by atoms with van der Waals surface area (Å²) in [6.45, 7) is 23.1. The molecular weight excluding hydrogens is 634 g/mol. The third-order valence-electron chi connectivity index (χ3n) is 16.7. The van der Waals surface area contributed by atoms with Crippen LogP contribution < -0.4 is 5.32 Å². The third-order valence-corrected chi connectivity index (χ3v) is 16.7. The number of fused-ring (bicyclic) bond motifs is 7. The van der Waals surface area contributed by atoms with Crippen LogP contribution in [0.5, 0.6) is 0 Å². The predicted molar refractivity (Wildman–Crippen MR) is 203 cm³/mol. The lowest BCUT2D eigenvalue weighted by Gasteiger charge is -2.73. The molecule has 0 unspecified atom stereocenters. The highest BCUT2D eigenvalue weighted by Gasteiger charge is 2.71. The summed E-state index contributed by atoms with van der Waals surface area (Å²) in [5.41, 5.74) is 1.81. The maximum atomic E-state index is 13.7. The van der Waals surface area contributed by atoms with E-state index in [1.807, 2.05) is 6.07 Å². The number of benzene rings is 1. The van der Waals surface area contributed by atoms with Crippen LogP contribution in [-0.2, 0) is 25.5 Å². The van der Waals surface area contributed by atoms with Gasteiger partial charge in [-0.3, -0.25) is 14.4 Å². The van der Waals surface area contributed by atoms with Gasteiger partial charge >= 0.3 is 11.9 Å². The Labute approximate surface area is 308 Å². The monoisotopic (exact) mass is 702 g/mol. The van der Waals surface area contributed by atoms with Crippen molar-refractivity contribution < 1.29 is 24.2 Å². The molecule has 0 aromatic heterocycles. The number of hydrogen-bond donors (Lipinski definition) is 2. The number of carbonyl (C=O) groups is 3. The number of allylic oxidation sites excluding steroid dienone is 1. The zero-order chi connectivity index (χ0) is 37.2. The molecule has 0 saturated heterocycles. The molecule has 282 valence electrons. The first-order valence-electron chi connectivity index (χ1n) is 20.2. The van der Waals surface area contributed by atoms with Gasteiger partial charge in [0, 0.05) is 18.4 Å². The second-order valence-corrected chi connectivity index (χ2v) is 20.0. The van der Waals surface area contributed by atoms with Gasteiger partial charge in [0.05, 0.1) is 11.8 Å². The lowest BCUT2D eigenvalue weighted by Crippen LogP contribution is -2.67.